The molecule has 23 heavy (non-hydrogen) atoms. The summed E-state index contributed by atoms with van der Waals surface area (Å²) in [6.07, 6.45) is 0. The minimum absolute atomic E-state index is 0.149. The lowest BCUT2D eigenvalue weighted by Crippen LogP contribution is -2.12. The van der Waals surface area contributed by atoms with Crippen LogP contribution in [0.2, 0.25) is 0 Å². The molecule has 0 aliphatic rings. The molecule has 0 atom stereocenters. The van der Waals surface area contributed by atoms with E-state index in [0.717, 1.165) is 17.1 Å². The molecule has 3 nitrogen and oxygen atoms in total. The summed E-state index contributed by atoms with van der Waals surface area (Å²) in [6, 6.07) is 15.6. The van der Waals surface area contributed by atoms with Gasteiger partial charge in [0.25, 0.3) is 0 Å². The van der Waals surface area contributed by atoms with Crippen LogP contribution in [0, 0.1) is 0 Å². The van der Waals surface area contributed by atoms with Crippen LogP contribution in [0.15, 0.2) is 48.5 Å². The summed E-state index contributed by atoms with van der Waals surface area (Å²) in [7, 11) is 0. The second-order valence-electron chi connectivity index (χ2n) is 6.36. The SMILES string of the molecule is CC(C)(C)c1ccc(OCCOc2cccc(C(N)=S)c2)cc1. The quantitative estimate of drug-likeness (QED) is 0.641. The van der Waals surface area contributed by atoms with Crippen molar-refractivity contribution in [1.29, 1.82) is 0 Å². The van der Waals surface area contributed by atoms with Gasteiger partial charge in [-0.15, -0.1) is 0 Å². The summed E-state index contributed by atoms with van der Waals surface area (Å²) in [6.45, 7) is 7.52. The van der Waals surface area contributed by atoms with Gasteiger partial charge in [0, 0.05) is 5.56 Å². The number of nitrogens with two attached hydrogens (primary N) is 1. The molecule has 0 radical (unpaired) electrons. The third-order valence-electron chi connectivity index (χ3n) is 3.46. The fraction of sp³-hybridized carbons (Fsp3) is 0.316. The first-order valence-corrected chi connectivity index (χ1v) is 8.03. The lowest BCUT2D eigenvalue weighted by molar-refractivity contribution is 0.217. The van der Waals surface area contributed by atoms with Gasteiger partial charge >= 0.3 is 0 Å². The average Bonchev–Trinajstić information content (AvgIpc) is 2.51. The molecule has 0 saturated heterocycles. The van der Waals surface area contributed by atoms with Crippen molar-refractivity contribution in [3.63, 3.8) is 0 Å². The van der Waals surface area contributed by atoms with Gasteiger partial charge in [-0.25, -0.2) is 0 Å². The van der Waals surface area contributed by atoms with Crippen molar-refractivity contribution in [3.8, 4) is 11.5 Å². The maximum atomic E-state index is 5.70. The van der Waals surface area contributed by atoms with E-state index in [-0.39, 0.29) is 5.41 Å². The Hall–Kier alpha value is -2.07. The monoisotopic (exact) mass is 329 g/mol. The molecule has 0 saturated carbocycles. The van der Waals surface area contributed by atoms with Gasteiger partial charge in [-0.2, -0.15) is 0 Å². The Morgan fingerprint density at radius 1 is 0.957 bits per heavy atom. The highest BCUT2D eigenvalue weighted by molar-refractivity contribution is 7.80. The van der Waals surface area contributed by atoms with Crippen LogP contribution in [0.25, 0.3) is 0 Å². The zero-order chi connectivity index (χ0) is 16.9. The molecular weight excluding hydrogens is 306 g/mol. The van der Waals surface area contributed by atoms with E-state index in [9.17, 15) is 0 Å². The average molecular weight is 329 g/mol. The van der Waals surface area contributed by atoms with Gasteiger partial charge in [-0.3, -0.25) is 0 Å². The molecule has 2 aromatic rings. The molecule has 0 amide bonds. The third kappa shape index (κ3) is 5.25. The minimum atomic E-state index is 0.149. The van der Waals surface area contributed by atoms with Crippen LogP contribution in [0.1, 0.15) is 31.9 Å². The molecule has 0 aliphatic heterocycles. The summed E-state index contributed by atoms with van der Waals surface area (Å²) in [4.78, 5) is 0.366. The van der Waals surface area contributed by atoms with Crippen molar-refractivity contribution in [1.82, 2.24) is 0 Å². The number of benzene rings is 2. The summed E-state index contributed by atoms with van der Waals surface area (Å²) in [5.74, 6) is 1.58. The van der Waals surface area contributed by atoms with Crippen LogP contribution in [0.3, 0.4) is 0 Å². The molecule has 2 N–H and O–H groups in total. The van der Waals surface area contributed by atoms with Crippen LogP contribution in [0.5, 0.6) is 11.5 Å². The van der Waals surface area contributed by atoms with E-state index >= 15 is 0 Å². The lowest BCUT2D eigenvalue weighted by Gasteiger charge is -2.19. The van der Waals surface area contributed by atoms with E-state index in [1.165, 1.54) is 5.56 Å². The van der Waals surface area contributed by atoms with Gasteiger partial charge < -0.3 is 15.2 Å². The number of hydrogen-bond donors (Lipinski definition) is 1. The van der Waals surface area contributed by atoms with Crippen LogP contribution in [-0.4, -0.2) is 18.2 Å². The predicted molar refractivity (Wildman–Crippen MR) is 98.5 cm³/mol. The van der Waals surface area contributed by atoms with Gasteiger partial charge in [0.05, 0.1) is 0 Å². The van der Waals surface area contributed by atoms with Crippen LogP contribution < -0.4 is 15.2 Å². The van der Waals surface area contributed by atoms with E-state index < -0.39 is 0 Å². The Morgan fingerprint density at radius 3 is 2.13 bits per heavy atom. The number of ether oxygens (including phenoxy) is 2. The Kier molecular flexibility index (Phi) is 5.61. The standard InChI is InChI=1S/C19H23NO2S/c1-19(2,3)15-7-9-16(10-8-15)21-11-12-22-17-6-4-5-14(13-17)18(20)23/h4-10,13H,11-12H2,1-3H3,(H2,20,23). The van der Waals surface area contributed by atoms with E-state index in [1.54, 1.807) is 0 Å². The highest BCUT2D eigenvalue weighted by Gasteiger charge is 2.12. The molecule has 0 aromatic heterocycles. The molecule has 0 unspecified atom stereocenters. The zero-order valence-electron chi connectivity index (χ0n) is 13.8. The molecule has 0 bridgehead atoms. The lowest BCUT2D eigenvalue weighted by atomic mass is 9.87. The van der Waals surface area contributed by atoms with Gasteiger partial charge in [0.15, 0.2) is 0 Å². The topological polar surface area (TPSA) is 44.5 Å². The van der Waals surface area contributed by atoms with Crippen molar-refractivity contribution < 1.29 is 9.47 Å². The number of thiocarbonyl (C=S) groups is 1. The van der Waals surface area contributed by atoms with E-state index in [0.29, 0.717) is 18.2 Å². The summed E-state index contributed by atoms with van der Waals surface area (Å²) >= 11 is 4.95. The first-order valence-electron chi connectivity index (χ1n) is 7.62. The highest BCUT2D eigenvalue weighted by atomic mass is 32.1. The van der Waals surface area contributed by atoms with Crippen molar-refractivity contribution >= 4 is 17.2 Å². The zero-order valence-corrected chi connectivity index (χ0v) is 14.7. The smallest absolute Gasteiger partial charge is 0.122 e. The molecular formula is C19H23NO2S. The van der Waals surface area contributed by atoms with Gasteiger partial charge in [-0.05, 0) is 35.2 Å². The van der Waals surface area contributed by atoms with E-state index in [4.69, 9.17) is 27.4 Å². The second-order valence-corrected chi connectivity index (χ2v) is 6.80. The summed E-state index contributed by atoms with van der Waals surface area (Å²) in [5, 5.41) is 0. The first-order chi connectivity index (χ1) is 10.9. The maximum Gasteiger partial charge on any atom is 0.122 e. The highest BCUT2D eigenvalue weighted by Crippen LogP contribution is 2.24. The number of hydrogen-bond acceptors (Lipinski definition) is 3. The fourth-order valence-electron chi connectivity index (χ4n) is 2.11. The molecule has 0 spiro atoms. The van der Waals surface area contributed by atoms with E-state index in [2.05, 4.69) is 32.9 Å². The van der Waals surface area contributed by atoms with Gasteiger partial charge in [0.2, 0.25) is 0 Å². The predicted octanol–water partition coefficient (Wildman–Crippen LogP) is 4.08. The Balaban J connectivity index is 1.81. The second kappa shape index (κ2) is 7.47. The Morgan fingerprint density at radius 2 is 1.57 bits per heavy atom. The normalized spacial score (nSPS) is 11.1. The van der Waals surface area contributed by atoms with Crippen molar-refractivity contribution in [2.75, 3.05) is 13.2 Å². The van der Waals surface area contributed by atoms with Gasteiger partial charge in [-0.1, -0.05) is 57.3 Å². The third-order valence-corrected chi connectivity index (χ3v) is 3.70. The van der Waals surface area contributed by atoms with Crippen molar-refractivity contribution in [2.24, 2.45) is 5.73 Å². The summed E-state index contributed by atoms with van der Waals surface area (Å²) < 4.78 is 11.4. The van der Waals surface area contributed by atoms with Crippen LogP contribution in [-0.2, 0) is 5.41 Å². The molecule has 0 aliphatic carbocycles. The molecule has 4 heteroatoms. The largest absolute Gasteiger partial charge is 0.490 e. The first kappa shape index (κ1) is 17.3. The minimum Gasteiger partial charge on any atom is -0.490 e. The van der Waals surface area contributed by atoms with Crippen LogP contribution in [0.4, 0.5) is 0 Å². The maximum absolute atomic E-state index is 5.70. The van der Waals surface area contributed by atoms with Crippen molar-refractivity contribution in [2.45, 2.75) is 26.2 Å². The molecule has 2 aromatic carbocycles. The van der Waals surface area contributed by atoms with Gasteiger partial charge in [0.1, 0.15) is 29.7 Å². The molecule has 2 rings (SSSR count). The molecule has 0 heterocycles. The van der Waals surface area contributed by atoms with Crippen molar-refractivity contribution in [3.05, 3.63) is 59.7 Å². The Labute approximate surface area is 143 Å². The van der Waals surface area contributed by atoms with E-state index in [1.807, 2.05) is 36.4 Å². The molecule has 122 valence electrons. The fourth-order valence-corrected chi connectivity index (χ4v) is 2.24. The summed E-state index contributed by atoms with van der Waals surface area (Å²) in [5.41, 5.74) is 7.85. The number of rotatable bonds is 6. The van der Waals surface area contributed by atoms with Crippen LogP contribution >= 0.6 is 12.2 Å². The Bertz CT molecular complexity index is 660. The molecule has 0 fully saturated rings.